The van der Waals surface area contributed by atoms with Gasteiger partial charge in [-0.1, -0.05) is 24.3 Å². The van der Waals surface area contributed by atoms with E-state index in [9.17, 15) is 19.1 Å². The second-order valence-corrected chi connectivity index (χ2v) is 8.09. The maximum absolute atomic E-state index is 14.1. The van der Waals surface area contributed by atoms with Crippen LogP contribution in [0.5, 0.6) is 5.75 Å². The number of nitrogens with zero attached hydrogens (tertiary/aromatic N) is 2. The van der Waals surface area contributed by atoms with Gasteiger partial charge in [-0.3, -0.25) is 14.5 Å². The van der Waals surface area contributed by atoms with E-state index < -0.39 is 23.5 Å². The van der Waals surface area contributed by atoms with E-state index in [1.54, 1.807) is 30.3 Å². The molecule has 2 aliphatic rings. The molecule has 1 N–H and O–H groups in total. The van der Waals surface area contributed by atoms with Gasteiger partial charge in [0.1, 0.15) is 17.3 Å². The fraction of sp³-hybridized carbons (Fsp3) is 0.360. The maximum Gasteiger partial charge on any atom is 0.295 e. The summed E-state index contributed by atoms with van der Waals surface area (Å²) in [5, 5.41) is 11.1. The molecule has 0 saturated carbocycles. The molecular formula is C25H27FN2O5. The lowest BCUT2D eigenvalue weighted by atomic mass is 9.95. The van der Waals surface area contributed by atoms with Gasteiger partial charge in [-0.2, -0.15) is 0 Å². The summed E-state index contributed by atoms with van der Waals surface area (Å²) in [6.07, 6.45) is 0.637. The van der Waals surface area contributed by atoms with Crippen LogP contribution in [0.3, 0.4) is 0 Å². The molecule has 174 valence electrons. The first kappa shape index (κ1) is 22.9. The fourth-order valence-electron chi connectivity index (χ4n) is 4.35. The van der Waals surface area contributed by atoms with Crippen LogP contribution in [0.2, 0.25) is 0 Å². The number of halogens is 1. The van der Waals surface area contributed by atoms with Crippen molar-refractivity contribution in [2.24, 2.45) is 0 Å². The van der Waals surface area contributed by atoms with Gasteiger partial charge < -0.3 is 19.5 Å². The summed E-state index contributed by atoms with van der Waals surface area (Å²) in [6, 6.07) is 11.5. The molecule has 2 fully saturated rings. The van der Waals surface area contributed by atoms with Gasteiger partial charge in [-0.15, -0.1) is 0 Å². The maximum atomic E-state index is 14.1. The smallest absolute Gasteiger partial charge is 0.295 e. The van der Waals surface area contributed by atoms with E-state index in [1.165, 1.54) is 30.2 Å². The quantitative estimate of drug-likeness (QED) is 0.394. The number of carbonyl (C=O) groups is 2. The van der Waals surface area contributed by atoms with Crippen LogP contribution in [0, 0.1) is 5.82 Å². The van der Waals surface area contributed by atoms with Crippen LogP contribution in [0.1, 0.15) is 23.6 Å². The topological polar surface area (TPSA) is 79.3 Å². The summed E-state index contributed by atoms with van der Waals surface area (Å²) >= 11 is 0. The Morgan fingerprint density at radius 2 is 1.88 bits per heavy atom. The van der Waals surface area contributed by atoms with Crippen LogP contribution in [0.4, 0.5) is 4.39 Å². The van der Waals surface area contributed by atoms with Gasteiger partial charge in [0, 0.05) is 31.7 Å². The highest BCUT2D eigenvalue weighted by molar-refractivity contribution is 6.46. The minimum atomic E-state index is -0.878. The first-order valence-electron chi connectivity index (χ1n) is 11.0. The molecule has 7 nitrogen and oxygen atoms in total. The third-order valence-electron chi connectivity index (χ3n) is 6.02. The first-order chi connectivity index (χ1) is 16.0. The van der Waals surface area contributed by atoms with E-state index in [-0.39, 0.29) is 11.3 Å². The van der Waals surface area contributed by atoms with Crippen LogP contribution in [-0.4, -0.2) is 73.1 Å². The van der Waals surface area contributed by atoms with Crippen molar-refractivity contribution in [3.8, 4) is 5.75 Å². The summed E-state index contributed by atoms with van der Waals surface area (Å²) in [7, 11) is 1.50. The highest BCUT2D eigenvalue weighted by Crippen LogP contribution is 2.40. The van der Waals surface area contributed by atoms with Crippen molar-refractivity contribution in [2.45, 2.75) is 12.5 Å². The predicted molar refractivity (Wildman–Crippen MR) is 120 cm³/mol. The van der Waals surface area contributed by atoms with Crippen molar-refractivity contribution < 1.29 is 28.6 Å². The second kappa shape index (κ2) is 10.1. The fourth-order valence-corrected chi connectivity index (χ4v) is 4.35. The van der Waals surface area contributed by atoms with Crippen LogP contribution >= 0.6 is 0 Å². The summed E-state index contributed by atoms with van der Waals surface area (Å²) in [5.41, 5.74) is 0.734. The number of ketones is 1. The monoisotopic (exact) mass is 454 g/mol. The molecule has 33 heavy (non-hydrogen) atoms. The van der Waals surface area contributed by atoms with Crippen LogP contribution in [0.15, 0.2) is 54.1 Å². The van der Waals surface area contributed by atoms with Gasteiger partial charge in [-0.25, -0.2) is 4.39 Å². The summed E-state index contributed by atoms with van der Waals surface area (Å²) in [6.45, 7) is 4.04. The average Bonchev–Trinajstić information content (AvgIpc) is 3.09. The highest BCUT2D eigenvalue weighted by atomic mass is 19.1. The third kappa shape index (κ3) is 4.91. The molecule has 1 amide bonds. The van der Waals surface area contributed by atoms with Gasteiger partial charge in [0.2, 0.25) is 0 Å². The number of aliphatic hydroxyl groups excluding tert-OH is 1. The molecule has 2 aromatic rings. The molecule has 0 radical (unpaired) electrons. The lowest BCUT2D eigenvalue weighted by Crippen LogP contribution is -2.39. The normalized spacial score (nSPS) is 20.9. The Hall–Kier alpha value is -3.23. The Bertz CT molecular complexity index is 1060. The number of carbonyl (C=O) groups excluding carboxylic acids is 2. The zero-order valence-electron chi connectivity index (χ0n) is 18.5. The zero-order chi connectivity index (χ0) is 23.4. The van der Waals surface area contributed by atoms with Crippen molar-refractivity contribution in [1.29, 1.82) is 0 Å². The van der Waals surface area contributed by atoms with E-state index in [2.05, 4.69) is 4.90 Å². The molecule has 2 saturated heterocycles. The number of rotatable bonds is 7. The number of methoxy groups -OCH3 is 1. The van der Waals surface area contributed by atoms with Gasteiger partial charge >= 0.3 is 0 Å². The lowest BCUT2D eigenvalue weighted by Gasteiger charge is -2.29. The number of likely N-dealkylation sites (tertiary alicyclic amines) is 1. The molecule has 4 rings (SSSR count). The van der Waals surface area contributed by atoms with E-state index in [0.29, 0.717) is 43.1 Å². The Labute approximate surface area is 192 Å². The zero-order valence-corrected chi connectivity index (χ0v) is 18.5. The predicted octanol–water partition coefficient (Wildman–Crippen LogP) is 2.98. The van der Waals surface area contributed by atoms with Crippen LogP contribution < -0.4 is 4.74 Å². The van der Waals surface area contributed by atoms with Crippen LogP contribution in [0.25, 0.3) is 5.76 Å². The number of Topliss-reactive ketones (excluding diaryl/α,β-unsaturated/α-hetero) is 1. The highest BCUT2D eigenvalue weighted by Gasteiger charge is 2.46. The summed E-state index contributed by atoms with van der Waals surface area (Å²) < 4.78 is 24.7. The Morgan fingerprint density at radius 1 is 1.12 bits per heavy atom. The summed E-state index contributed by atoms with van der Waals surface area (Å²) in [5.74, 6) is -1.77. The van der Waals surface area contributed by atoms with Crippen LogP contribution in [-0.2, 0) is 14.3 Å². The molecule has 0 unspecified atom stereocenters. The molecule has 0 aliphatic carbocycles. The van der Waals surface area contributed by atoms with Gasteiger partial charge in [-0.05, 0) is 36.2 Å². The number of ether oxygens (including phenoxy) is 2. The van der Waals surface area contributed by atoms with Gasteiger partial charge in [0.05, 0.1) is 31.9 Å². The minimum Gasteiger partial charge on any atom is -0.507 e. The second-order valence-electron chi connectivity index (χ2n) is 8.09. The summed E-state index contributed by atoms with van der Waals surface area (Å²) in [4.78, 5) is 29.7. The van der Waals surface area contributed by atoms with Crippen molar-refractivity contribution in [2.75, 3.05) is 46.5 Å². The Kier molecular flexibility index (Phi) is 7.05. The molecule has 0 spiro atoms. The molecule has 1 atom stereocenters. The largest absolute Gasteiger partial charge is 0.507 e. The number of amides is 1. The van der Waals surface area contributed by atoms with Crippen molar-refractivity contribution in [3.63, 3.8) is 0 Å². The number of morpholine rings is 1. The standard InChI is InChI=1S/C25H27FN2O5/c1-32-20-8-3-6-18(16-20)23(29)21-22(17-5-2-7-19(26)15-17)28(25(31)24(21)30)10-4-9-27-11-13-33-14-12-27/h2-3,5-8,15-16,22,29H,4,9-14H2,1H3/b23-21+/t22-/m0/s1. The molecule has 0 bridgehead atoms. The van der Waals surface area contributed by atoms with E-state index in [1.807, 2.05) is 0 Å². The molecule has 0 aromatic heterocycles. The first-order valence-corrected chi connectivity index (χ1v) is 11.0. The molecule has 2 aliphatic heterocycles. The van der Waals surface area contributed by atoms with E-state index in [4.69, 9.17) is 9.47 Å². The molecule has 2 aromatic carbocycles. The number of benzene rings is 2. The minimum absolute atomic E-state index is 0.0507. The van der Waals surface area contributed by atoms with E-state index in [0.717, 1.165) is 19.6 Å². The molecule has 2 heterocycles. The van der Waals surface area contributed by atoms with Crippen molar-refractivity contribution >= 4 is 17.4 Å². The van der Waals surface area contributed by atoms with Gasteiger partial charge in [0.15, 0.2) is 0 Å². The van der Waals surface area contributed by atoms with E-state index >= 15 is 0 Å². The number of hydrogen-bond acceptors (Lipinski definition) is 6. The van der Waals surface area contributed by atoms with Crippen molar-refractivity contribution in [1.82, 2.24) is 9.80 Å². The molecule has 8 heteroatoms. The Morgan fingerprint density at radius 3 is 2.61 bits per heavy atom. The lowest BCUT2D eigenvalue weighted by molar-refractivity contribution is -0.140. The number of hydrogen-bond donors (Lipinski definition) is 1. The number of aliphatic hydroxyl groups is 1. The van der Waals surface area contributed by atoms with Gasteiger partial charge in [0.25, 0.3) is 11.7 Å². The Balaban J connectivity index is 1.68. The average molecular weight is 454 g/mol. The molecular weight excluding hydrogens is 427 g/mol. The van der Waals surface area contributed by atoms with Crippen molar-refractivity contribution in [3.05, 3.63) is 71.0 Å². The SMILES string of the molecule is COc1cccc(/C(O)=C2\C(=O)C(=O)N(CCCN3CCOCC3)[C@H]2c2cccc(F)c2)c1. The third-order valence-corrected chi connectivity index (χ3v) is 6.02.